The predicted octanol–water partition coefficient (Wildman–Crippen LogP) is 2.34. The van der Waals surface area contributed by atoms with Gasteiger partial charge in [0.2, 0.25) is 0 Å². The van der Waals surface area contributed by atoms with Gasteiger partial charge in [0.05, 0.1) is 6.04 Å². The van der Waals surface area contributed by atoms with Crippen LogP contribution in [0.25, 0.3) is 0 Å². The SMILES string of the molecule is Cc1ccc(NC(=O)C(=O)NC[C@@H](c2ccc3c(c2)CCN3C)N2CCN(C)CC2)c(C)c1. The Kier molecular flexibility index (Phi) is 7.00. The highest BCUT2D eigenvalue weighted by atomic mass is 16.2. The van der Waals surface area contributed by atoms with Gasteiger partial charge in [-0.15, -0.1) is 0 Å². The van der Waals surface area contributed by atoms with Crippen molar-refractivity contribution in [1.82, 2.24) is 15.1 Å². The van der Waals surface area contributed by atoms with Gasteiger partial charge < -0.3 is 20.4 Å². The van der Waals surface area contributed by atoms with Gasteiger partial charge in [0.15, 0.2) is 0 Å². The zero-order valence-corrected chi connectivity index (χ0v) is 20.1. The number of anilines is 2. The first-order valence-electron chi connectivity index (χ1n) is 11.7. The molecule has 7 nitrogen and oxygen atoms in total. The van der Waals surface area contributed by atoms with Crippen molar-refractivity contribution in [3.8, 4) is 0 Å². The van der Waals surface area contributed by atoms with E-state index < -0.39 is 11.8 Å². The summed E-state index contributed by atoms with van der Waals surface area (Å²) in [7, 11) is 4.26. The van der Waals surface area contributed by atoms with Gasteiger partial charge in [0, 0.05) is 57.7 Å². The number of nitrogens with one attached hydrogen (secondary N) is 2. The Morgan fingerprint density at radius 2 is 1.70 bits per heavy atom. The second-order valence-corrected chi connectivity index (χ2v) is 9.40. The van der Waals surface area contributed by atoms with Gasteiger partial charge in [-0.05, 0) is 56.1 Å². The minimum absolute atomic E-state index is 0.0350. The van der Waals surface area contributed by atoms with Crippen molar-refractivity contribution in [3.63, 3.8) is 0 Å². The molecule has 2 aliphatic rings. The molecule has 0 unspecified atom stereocenters. The number of likely N-dealkylation sites (N-methyl/N-ethyl adjacent to an activating group) is 2. The molecule has 0 aliphatic carbocycles. The molecule has 176 valence electrons. The number of carbonyl (C=O) groups excluding carboxylic acids is 2. The Morgan fingerprint density at radius 3 is 2.42 bits per heavy atom. The van der Waals surface area contributed by atoms with Crippen molar-refractivity contribution in [3.05, 3.63) is 58.7 Å². The molecule has 1 atom stereocenters. The summed E-state index contributed by atoms with van der Waals surface area (Å²) in [5, 5.41) is 5.65. The molecule has 2 heterocycles. The summed E-state index contributed by atoms with van der Waals surface area (Å²) in [5.74, 6) is -1.23. The molecular formula is C26H35N5O2. The van der Waals surface area contributed by atoms with Crippen LogP contribution >= 0.6 is 0 Å². The molecule has 0 saturated carbocycles. The van der Waals surface area contributed by atoms with Gasteiger partial charge in [0.1, 0.15) is 0 Å². The minimum Gasteiger partial charge on any atom is -0.374 e. The number of nitrogens with zero attached hydrogens (tertiary/aromatic N) is 3. The normalized spacial score (nSPS) is 17.5. The third-order valence-corrected chi connectivity index (χ3v) is 6.89. The molecule has 2 aromatic carbocycles. The molecule has 0 spiro atoms. The van der Waals surface area contributed by atoms with Gasteiger partial charge in [-0.1, -0.05) is 29.8 Å². The molecule has 0 bridgehead atoms. The Labute approximate surface area is 196 Å². The lowest BCUT2D eigenvalue weighted by molar-refractivity contribution is -0.136. The molecular weight excluding hydrogens is 414 g/mol. The molecule has 1 saturated heterocycles. The van der Waals surface area contributed by atoms with Gasteiger partial charge in [-0.3, -0.25) is 14.5 Å². The summed E-state index contributed by atoms with van der Waals surface area (Å²) < 4.78 is 0. The van der Waals surface area contributed by atoms with Crippen LogP contribution in [0.2, 0.25) is 0 Å². The number of aryl methyl sites for hydroxylation is 2. The lowest BCUT2D eigenvalue weighted by Gasteiger charge is -2.38. The van der Waals surface area contributed by atoms with E-state index in [0.717, 1.165) is 50.3 Å². The topological polar surface area (TPSA) is 67.9 Å². The highest BCUT2D eigenvalue weighted by Gasteiger charge is 2.27. The number of hydrogen-bond acceptors (Lipinski definition) is 5. The van der Waals surface area contributed by atoms with Crippen LogP contribution in [0, 0.1) is 13.8 Å². The van der Waals surface area contributed by atoms with Gasteiger partial charge in [-0.2, -0.15) is 0 Å². The standard InChI is InChI=1S/C26H35N5O2/c1-18-5-7-22(19(2)15-18)28-26(33)25(32)27-17-24(31-13-11-29(3)12-14-31)20-6-8-23-21(16-20)9-10-30(23)4/h5-8,15-16,24H,9-14,17H2,1-4H3,(H,27,32)(H,28,33)/t24-/m0/s1. The first-order chi connectivity index (χ1) is 15.8. The number of carbonyl (C=O) groups is 2. The van der Waals surface area contributed by atoms with Crippen molar-refractivity contribution in [2.24, 2.45) is 0 Å². The van der Waals surface area contributed by atoms with Crippen molar-refractivity contribution in [2.45, 2.75) is 26.3 Å². The molecule has 2 amide bonds. The average Bonchev–Trinajstić information content (AvgIpc) is 3.17. The van der Waals surface area contributed by atoms with Crippen LogP contribution in [-0.2, 0) is 16.0 Å². The van der Waals surface area contributed by atoms with Crippen LogP contribution in [-0.4, -0.2) is 75.0 Å². The largest absolute Gasteiger partial charge is 0.374 e. The third-order valence-electron chi connectivity index (χ3n) is 6.89. The lowest BCUT2D eigenvalue weighted by Crippen LogP contribution is -2.49. The number of benzene rings is 2. The Balaban J connectivity index is 1.46. The van der Waals surface area contributed by atoms with E-state index in [1.165, 1.54) is 16.8 Å². The van der Waals surface area contributed by atoms with E-state index in [-0.39, 0.29) is 6.04 Å². The van der Waals surface area contributed by atoms with Crippen LogP contribution in [0.3, 0.4) is 0 Å². The van der Waals surface area contributed by atoms with Crippen LogP contribution in [0.5, 0.6) is 0 Å². The highest BCUT2D eigenvalue weighted by Crippen LogP contribution is 2.31. The predicted molar refractivity (Wildman–Crippen MR) is 133 cm³/mol. The number of amides is 2. The number of rotatable bonds is 5. The Morgan fingerprint density at radius 1 is 0.939 bits per heavy atom. The quantitative estimate of drug-likeness (QED) is 0.686. The van der Waals surface area contributed by atoms with Gasteiger partial charge in [0.25, 0.3) is 0 Å². The van der Waals surface area contributed by atoms with Gasteiger partial charge in [-0.25, -0.2) is 0 Å². The fraction of sp³-hybridized carbons (Fsp3) is 0.462. The maximum atomic E-state index is 12.7. The van der Waals surface area contributed by atoms with E-state index in [2.05, 4.69) is 57.6 Å². The molecule has 2 aromatic rings. The van der Waals surface area contributed by atoms with E-state index >= 15 is 0 Å². The van der Waals surface area contributed by atoms with Crippen molar-refractivity contribution in [1.29, 1.82) is 0 Å². The zero-order valence-electron chi connectivity index (χ0n) is 20.1. The summed E-state index contributed by atoms with van der Waals surface area (Å²) in [6, 6.07) is 12.4. The summed E-state index contributed by atoms with van der Waals surface area (Å²) in [6.07, 6.45) is 1.04. The van der Waals surface area contributed by atoms with Crippen LogP contribution < -0.4 is 15.5 Å². The van der Waals surface area contributed by atoms with Crippen molar-refractivity contribution < 1.29 is 9.59 Å². The zero-order chi connectivity index (χ0) is 23.5. The number of piperazine rings is 1. The summed E-state index contributed by atoms with van der Waals surface area (Å²) in [4.78, 5) is 32.2. The minimum atomic E-state index is -0.630. The monoisotopic (exact) mass is 449 g/mol. The van der Waals surface area contributed by atoms with E-state index in [0.29, 0.717) is 12.2 Å². The molecule has 33 heavy (non-hydrogen) atoms. The Hall–Kier alpha value is -2.90. The first kappa shape index (κ1) is 23.3. The van der Waals surface area contributed by atoms with E-state index in [1.807, 2.05) is 32.0 Å². The molecule has 0 radical (unpaired) electrons. The Bertz CT molecular complexity index is 1030. The average molecular weight is 450 g/mol. The van der Waals surface area contributed by atoms with E-state index in [9.17, 15) is 9.59 Å². The number of hydrogen-bond donors (Lipinski definition) is 2. The maximum Gasteiger partial charge on any atom is 0.313 e. The molecule has 1 fully saturated rings. The van der Waals surface area contributed by atoms with Crippen LogP contribution in [0.4, 0.5) is 11.4 Å². The van der Waals surface area contributed by atoms with Crippen LogP contribution in [0.15, 0.2) is 36.4 Å². The molecule has 0 aromatic heterocycles. The molecule has 4 rings (SSSR count). The van der Waals surface area contributed by atoms with E-state index in [4.69, 9.17) is 0 Å². The molecule has 2 aliphatic heterocycles. The maximum absolute atomic E-state index is 12.7. The summed E-state index contributed by atoms with van der Waals surface area (Å²) in [5.41, 5.74) is 6.56. The second kappa shape index (κ2) is 9.93. The lowest BCUT2D eigenvalue weighted by atomic mass is 10.00. The molecule has 7 heteroatoms. The van der Waals surface area contributed by atoms with Crippen molar-refractivity contribution in [2.75, 3.05) is 63.6 Å². The first-order valence-corrected chi connectivity index (χ1v) is 11.7. The third kappa shape index (κ3) is 5.37. The summed E-state index contributed by atoms with van der Waals surface area (Å²) in [6.45, 7) is 9.21. The second-order valence-electron chi connectivity index (χ2n) is 9.40. The fourth-order valence-electron chi connectivity index (χ4n) is 4.79. The van der Waals surface area contributed by atoms with Crippen molar-refractivity contribution >= 4 is 23.2 Å². The van der Waals surface area contributed by atoms with E-state index in [1.54, 1.807) is 0 Å². The molecule has 2 N–H and O–H groups in total. The summed E-state index contributed by atoms with van der Waals surface area (Å²) >= 11 is 0. The smallest absolute Gasteiger partial charge is 0.313 e. The highest BCUT2D eigenvalue weighted by molar-refractivity contribution is 6.39. The van der Waals surface area contributed by atoms with Gasteiger partial charge >= 0.3 is 11.8 Å². The number of fused-ring (bicyclic) bond motifs is 1. The van der Waals surface area contributed by atoms with Crippen LogP contribution in [0.1, 0.15) is 28.3 Å². The fourth-order valence-corrected chi connectivity index (χ4v) is 4.79.